The number of rotatable bonds is 2. The fourth-order valence-corrected chi connectivity index (χ4v) is 3.76. The lowest BCUT2D eigenvalue weighted by molar-refractivity contribution is 1.30. The fraction of sp³-hybridized carbons (Fsp3) is 0.0588. The molecule has 0 aliphatic heterocycles. The van der Waals surface area contributed by atoms with Gasteiger partial charge in [0.05, 0.1) is 20.8 Å². The molecule has 4 rings (SSSR count). The van der Waals surface area contributed by atoms with Gasteiger partial charge in [-0.3, -0.25) is 0 Å². The Morgan fingerprint density at radius 2 is 1.38 bits per heavy atom. The molecule has 4 heteroatoms. The summed E-state index contributed by atoms with van der Waals surface area (Å²) >= 11 is 3.40. The molecular weight excluding hydrogens is 296 g/mol. The molecule has 1 aromatic carbocycles. The lowest BCUT2D eigenvalue weighted by Crippen LogP contribution is -1.93. The largest absolute Gasteiger partial charge is 0.243 e. The molecule has 0 saturated carbocycles. The van der Waals surface area contributed by atoms with Gasteiger partial charge >= 0.3 is 0 Å². The lowest BCUT2D eigenvalue weighted by Gasteiger charge is -2.07. The van der Waals surface area contributed by atoms with E-state index in [0.717, 1.165) is 32.2 Å². The predicted octanol–water partition coefficient (Wildman–Crippen LogP) is 5.40. The molecular formula is C17H12N2S2. The molecule has 0 N–H and O–H groups in total. The Morgan fingerprint density at radius 3 is 1.95 bits per heavy atom. The van der Waals surface area contributed by atoms with Crippen molar-refractivity contribution in [2.24, 2.45) is 0 Å². The van der Waals surface area contributed by atoms with Crippen molar-refractivity contribution in [2.45, 2.75) is 6.92 Å². The van der Waals surface area contributed by atoms with Crippen molar-refractivity contribution >= 4 is 33.7 Å². The molecule has 0 bridgehead atoms. The topological polar surface area (TPSA) is 25.8 Å². The zero-order chi connectivity index (χ0) is 14.2. The van der Waals surface area contributed by atoms with Crippen LogP contribution in [-0.4, -0.2) is 9.97 Å². The average Bonchev–Trinajstić information content (AvgIpc) is 3.19. The summed E-state index contributed by atoms with van der Waals surface area (Å²) in [5.41, 5.74) is 5.06. The molecule has 0 amide bonds. The Labute approximate surface area is 130 Å². The predicted molar refractivity (Wildman–Crippen MR) is 90.9 cm³/mol. The SMILES string of the molecule is Cc1ccc2nc(-c3cccs3)c(-c3cccs3)nc2c1. The Hall–Kier alpha value is -2.04. The standard InChI is InChI=1S/C17H12N2S2/c1-11-6-7-12-13(10-11)19-17(15-5-3-9-21-15)16(18-12)14-4-2-8-20-14/h2-10H,1H3. The van der Waals surface area contributed by atoms with Gasteiger partial charge in [-0.25, -0.2) is 9.97 Å². The van der Waals surface area contributed by atoms with Gasteiger partial charge in [-0.15, -0.1) is 22.7 Å². The van der Waals surface area contributed by atoms with Crippen molar-refractivity contribution in [3.05, 3.63) is 58.8 Å². The van der Waals surface area contributed by atoms with Crippen molar-refractivity contribution in [2.75, 3.05) is 0 Å². The molecule has 0 fully saturated rings. The third-order valence-electron chi connectivity index (χ3n) is 3.33. The molecule has 4 aromatic rings. The van der Waals surface area contributed by atoms with Crippen molar-refractivity contribution in [3.63, 3.8) is 0 Å². The van der Waals surface area contributed by atoms with Crippen LogP contribution in [0, 0.1) is 6.92 Å². The fourth-order valence-electron chi connectivity index (χ4n) is 2.33. The Morgan fingerprint density at radius 1 is 0.762 bits per heavy atom. The van der Waals surface area contributed by atoms with E-state index in [1.165, 1.54) is 5.56 Å². The maximum Gasteiger partial charge on any atom is 0.108 e. The lowest BCUT2D eigenvalue weighted by atomic mass is 10.1. The number of nitrogens with zero attached hydrogens (tertiary/aromatic N) is 2. The first kappa shape index (κ1) is 12.7. The number of hydrogen-bond donors (Lipinski definition) is 0. The second kappa shape index (κ2) is 5.06. The second-order valence-corrected chi connectivity index (χ2v) is 6.76. The van der Waals surface area contributed by atoms with Crippen molar-refractivity contribution in [1.29, 1.82) is 0 Å². The number of aromatic nitrogens is 2. The Balaban J connectivity index is 2.05. The maximum atomic E-state index is 4.89. The van der Waals surface area contributed by atoms with Gasteiger partial charge in [0.1, 0.15) is 11.4 Å². The van der Waals surface area contributed by atoms with Crippen molar-refractivity contribution < 1.29 is 0 Å². The van der Waals surface area contributed by atoms with Crippen molar-refractivity contribution in [3.8, 4) is 21.1 Å². The highest BCUT2D eigenvalue weighted by Gasteiger charge is 2.14. The highest BCUT2D eigenvalue weighted by molar-refractivity contribution is 7.14. The molecule has 0 aliphatic carbocycles. The average molecular weight is 308 g/mol. The zero-order valence-electron chi connectivity index (χ0n) is 11.4. The quantitative estimate of drug-likeness (QED) is 0.496. The highest BCUT2D eigenvalue weighted by Crippen LogP contribution is 2.35. The maximum absolute atomic E-state index is 4.89. The first-order chi connectivity index (χ1) is 10.3. The van der Waals surface area contributed by atoms with Crippen LogP contribution < -0.4 is 0 Å². The molecule has 0 aliphatic rings. The third-order valence-corrected chi connectivity index (χ3v) is 5.08. The van der Waals surface area contributed by atoms with E-state index in [0.29, 0.717) is 0 Å². The monoisotopic (exact) mass is 308 g/mol. The van der Waals surface area contributed by atoms with E-state index in [-0.39, 0.29) is 0 Å². The van der Waals surface area contributed by atoms with Gasteiger partial charge in [-0.1, -0.05) is 18.2 Å². The van der Waals surface area contributed by atoms with Crippen LogP contribution in [0.3, 0.4) is 0 Å². The van der Waals surface area contributed by atoms with Crippen LogP contribution in [0.2, 0.25) is 0 Å². The van der Waals surface area contributed by atoms with Crippen LogP contribution in [0.5, 0.6) is 0 Å². The van der Waals surface area contributed by atoms with Crippen molar-refractivity contribution in [1.82, 2.24) is 9.97 Å². The summed E-state index contributed by atoms with van der Waals surface area (Å²) in [7, 11) is 0. The molecule has 102 valence electrons. The van der Waals surface area contributed by atoms with E-state index in [2.05, 4.69) is 54.1 Å². The summed E-state index contributed by atoms with van der Waals surface area (Å²) < 4.78 is 0. The van der Waals surface area contributed by atoms with E-state index >= 15 is 0 Å². The second-order valence-electron chi connectivity index (χ2n) is 4.87. The molecule has 0 spiro atoms. The van der Waals surface area contributed by atoms with Crippen LogP contribution in [0.25, 0.3) is 32.2 Å². The van der Waals surface area contributed by atoms with E-state index in [4.69, 9.17) is 9.97 Å². The normalized spacial score (nSPS) is 11.1. The van der Waals surface area contributed by atoms with Crippen LogP contribution >= 0.6 is 22.7 Å². The zero-order valence-corrected chi connectivity index (χ0v) is 13.0. The number of benzene rings is 1. The van der Waals surface area contributed by atoms with Gasteiger partial charge in [-0.2, -0.15) is 0 Å². The number of hydrogen-bond acceptors (Lipinski definition) is 4. The molecule has 3 aromatic heterocycles. The molecule has 0 radical (unpaired) electrons. The smallest absolute Gasteiger partial charge is 0.108 e. The summed E-state index contributed by atoms with van der Waals surface area (Å²) in [6.45, 7) is 2.08. The number of aryl methyl sites for hydroxylation is 1. The molecule has 0 atom stereocenters. The van der Waals surface area contributed by atoms with Crippen LogP contribution in [-0.2, 0) is 0 Å². The summed E-state index contributed by atoms with van der Waals surface area (Å²) in [5.74, 6) is 0. The number of thiophene rings is 2. The third kappa shape index (κ3) is 2.26. The summed E-state index contributed by atoms with van der Waals surface area (Å²) in [6.07, 6.45) is 0. The van der Waals surface area contributed by atoms with E-state index in [1.54, 1.807) is 22.7 Å². The van der Waals surface area contributed by atoms with E-state index in [1.807, 2.05) is 6.07 Å². The number of fused-ring (bicyclic) bond motifs is 1. The minimum atomic E-state index is 0.948. The highest BCUT2D eigenvalue weighted by atomic mass is 32.1. The van der Waals surface area contributed by atoms with Gasteiger partial charge in [-0.05, 0) is 47.5 Å². The van der Waals surface area contributed by atoms with E-state index in [9.17, 15) is 0 Å². The van der Waals surface area contributed by atoms with Gasteiger partial charge < -0.3 is 0 Å². The van der Waals surface area contributed by atoms with E-state index < -0.39 is 0 Å². The van der Waals surface area contributed by atoms with Gasteiger partial charge in [0, 0.05) is 0 Å². The summed E-state index contributed by atoms with van der Waals surface area (Å²) in [4.78, 5) is 12.1. The first-order valence-electron chi connectivity index (χ1n) is 6.67. The van der Waals surface area contributed by atoms with Gasteiger partial charge in [0.15, 0.2) is 0 Å². The van der Waals surface area contributed by atoms with Gasteiger partial charge in [0.25, 0.3) is 0 Å². The Bertz CT molecular complexity index is 894. The van der Waals surface area contributed by atoms with Crippen LogP contribution in [0.4, 0.5) is 0 Å². The van der Waals surface area contributed by atoms with Gasteiger partial charge in [0.2, 0.25) is 0 Å². The summed E-state index contributed by atoms with van der Waals surface area (Å²) in [5, 5.41) is 4.16. The molecule has 21 heavy (non-hydrogen) atoms. The molecule has 0 saturated heterocycles. The molecule has 0 unspecified atom stereocenters. The first-order valence-corrected chi connectivity index (χ1v) is 8.43. The minimum Gasteiger partial charge on any atom is -0.243 e. The van der Waals surface area contributed by atoms with Crippen LogP contribution in [0.15, 0.2) is 53.2 Å². The molecule has 2 nitrogen and oxygen atoms in total. The summed E-state index contributed by atoms with van der Waals surface area (Å²) in [6, 6.07) is 14.5. The molecule has 3 heterocycles. The minimum absolute atomic E-state index is 0.948. The van der Waals surface area contributed by atoms with Crippen LogP contribution in [0.1, 0.15) is 5.56 Å². The Kier molecular flexibility index (Phi) is 3.05.